The quantitative estimate of drug-likeness (QED) is 0.321. The maximum atomic E-state index is 9.30. The first-order chi connectivity index (χ1) is 5.55. The van der Waals surface area contributed by atoms with E-state index in [0.29, 0.717) is 0 Å². The van der Waals surface area contributed by atoms with Crippen molar-refractivity contribution in [2.24, 2.45) is 0 Å². The number of hydrogen-bond donors (Lipinski definition) is 5. The molecule has 0 aromatic heterocycles. The van der Waals surface area contributed by atoms with E-state index < -0.39 is 36.5 Å². The van der Waals surface area contributed by atoms with E-state index in [4.69, 9.17) is 14.9 Å². The third-order valence-corrected chi connectivity index (χ3v) is 2.44. The van der Waals surface area contributed by atoms with E-state index in [1.165, 1.54) is 0 Å². The molecule has 1 heterocycles. The van der Waals surface area contributed by atoms with Crippen LogP contribution in [-0.4, -0.2) is 56.9 Å². The first-order valence-corrected chi connectivity index (χ1v) is 3.98. The van der Waals surface area contributed by atoms with Crippen LogP contribution in [0, 0.1) is 0 Å². The topological polar surface area (TPSA) is 90.2 Å². The van der Waals surface area contributed by atoms with E-state index in [0.717, 1.165) is 0 Å². The molecule has 72 valence electrons. The predicted molar refractivity (Wildman–Crippen MR) is 42.8 cm³/mol. The SMILES string of the molecule is OC[C@H]1OC(S)(CO)[C@@H](O)[C@@H]1O. The Hall–Kier alpha value is 0.150. The number of ether oxygens (including phenoxy) is 1. The fraction of sp³-hybridized carbons (Fsp3) is 1.00. The first-order valence-electron chi connectivity index (χ1n) is 3.53. The Balaban J connectivity index is 2.72. The average molecular weight is 196 g/mol. The smallest absolute Gasteiger partial charge is 0.162 e. The summed E-state index contributed by atoms with van der Waals surface area (Å²) in [6.07, 6.45) is -3.38. The average Bonchev–Trinajstić information content (AvgIpc) is 2.31. The van der Waals surface area contributed by atoms with Crippen LogP contribution in [0.3, 0.4) is 0 Å². The van der Waals surface area contributed by atoms with Gasteiger partial charge in [-0.05, 0) is 0 Å². The highest BCUT2D eigenvalue weighted by Crippen LogP contribution is 2.33. The van der Waals surface area contributed by atoms with E-state index in [2.05, 4.69) is 12.6 Å². The van der Waals surface area contributed by atoms with Crippen molar-refractivity contribution < 1.29 is 25.2 Å². The lowest BCUT2D eigenvalue weighted by Crippen LogP contribution is -2.41. The standard InChI is InChI=1S/C6H12O5S/c7-1-3-4(9)5(10)6(12,2-8)11-3/h3-5,7-10,12H,1-2H2/t3-,4-,5+,6?/m1/s1. The van der Waals surface area contributed by atoms with Crippen molar-refractivity contribution in [1.82, 2.24) is 0 Å². The zero-order valence-corrected chi connectivity index (χ0v) is 7.19. The molecule has 1 unspecified atom stereocenters. The predicted octanol–water partition coefficient (Wildman–Crippen LogP) is -2.28. The van der Waals surface area contributed by atoms with E-state index in [1.807, 2.05) is 0 Å². The highest BCUT2D eigenvalue weighted by atomic mass is 32.1. The maximum absolute atomic E-state index is 9.30. The van der Waals surface area contributed by atoms with E-state index >= 15 is 0 Å². The molecule has 12 heavy (non-hydrogen) atoms. The van der Waals surface area contributed by atoms with Gasteiger partial charge < -0.3 is 25.2 Å². The van der Waals surface area contributed by atoms with Gasteiger partial charge in [-0.1, -0.05) is 0 Å². The van der Waals surface area contributed by atoms with Gasteiger partial charge in [0.2, 0.25) is 0 Å². The first kappa shape index (κ1) is 10.2. The van der Waals surface area contributed by atoms with Crippen LogP contribution in [0.2, 0.25) is 0 Å². The summed E-state index contributed by atoms with van der Waals surface area (Å²) in [6.45, 7) is -0.939. The highest BCUT2D eigenvalue weighted by Gasteiger charge is 2.51. The summed E-state index contributed by atoms with van der Waals surface area (Å²) in [4.78, 5) is -1.47. The Morgan fingerprint density at radius 3 is 2.17 bits per heavy atom. The normalized spacial score (nSPS) is 48.2. The molecule has 4 atom stereocenters. The van der Waals surface area contributed by atoms with E-state index in [9.17, 15) is 10.2 Å². The number of aliphatic hydroxyl groups is 4. The van der Waals surface area contributed by atoms with Crippen LogP contribution in [0.15, 0.2) is 0 Å². The molecule has 0 saturated carbocycles. The molecule has 1 saturated heterocycles. The molecule has 1 fully saturated rings. The summed E-state index contributed by atoms with van der Waals surface area (Å²) in [6, 6.07) is 0. The highest BCUT2D eigenvalue weighted by molar-refractivity contribution is 7.81. The van der Waals surface area contributed by atoms with Crippen LogP contribution in [0.25, 0.3) is 0 Å². The molecule has 1 rings (SSSR count). The molecule has 1 aliphatic heterocycles. The fourth-order valence-corrected chi connectivity index (χ4v) is 1.44. The minimum atomic E-state index is -1.47. The monoisotopic (exact) mass is 196 g/mol. The molecule has 0 aromatic carbocycles. The van der Waals surface area contributed by atoms with E-state index in [1.54, 1.807) is 0 Å². The van der Waals surface area contributed by atoms with Crippen LogP contribution in [0.4, 0.5) is 0 Å². The van der Waals surface area contributed by atoms with Crippen LogP contribution in [0.5, 0.6) is 0 Å². The minimum Gasteiger partial charge on any atom is -0.394 e. The molecule has 0 amide bonds. The molecule has 0 bridgehead atoms. The molecule has 0 radical (unpaired) electrons. The molecule has 1 aliphatic rings. The second kappa shape index (κ2) is 3.49. The largest absolute Gasteiger partial charge is 0.394 e. The third kappa shape index (κ3) is 1.46. The third-order valence-electron chi connectivity index (χ3n) is 1.93. The van der Waals surface area contributed by atoms with Gasteiger partial charge in [0, 0.05) is 0 Å². The van der Waals surface area contributed by atoms with Crippen molar-refractivity contribution in [3.63, 3.8) is 0 Å². The number of thiol groups is 1. The molecule has 4 N–H and O–H groups in total. The summed E-state index contributed by atoms with van der Waals surface area (Å²) >= 11 is 3.86. The van der Waals surface area contributed by atoms with Gasteiger partial charge in [0.1, 0.15) is 18.3 Å². The Labute approximate surface area is 75.0 Å². The molecule has 0 aromatic rings. The molecular weight excluding hydrogens is 184 g/mol. The fourth-order valence-electron chi connectivity index (χ4n) is 1.15. The van der Waals surface area contributed by atoms with Gasteiger partial charge in [-0.15, -0.1) is 12.6 Å². The van der Waals surface area contributed by atoms with Crippen molar-refractivity contribution in [2.75, 3.05) is 13.2 Å². The molecule has 6 heteroatoms. The van der Waals surface area contributed by atoms with Crippen LogP contribution < -0.4 is 0 Å². The Morgan fingerprint density at radius 2 is 1.92 bits per heavy atom. The van der Waals surface area contributed by atoms with Crippen molar-refractivity contribution in [2.45, 2.75) is 23.2 Å². The van der Waals surface area contributed by atoms with Gasteiger partial charge in [-0.2, -0.15) is 0 Å². The Bertz CT molecular complexity index is 166. The van der Waals surface area contributed by atoms with Gasteiger partial charge in [0.15, 0.2) is 4.93 Å². The number of aliphatic hydroxyl groups excluding tert-OH is 4. The Morgan fingerprint density at radius 1 is 1.33 bits per heavy atom. The lowest BCUT2D eigenvalue weighted by Gasteiger charge is -2.23. The molecule has 0 aliphatic carbocycles. The zero-order chi connectivity index (χ0) is 9.35. The van der Waals surface area contributed by atoms with Crippen molar-refractivity contribution in [3.05, 3.63) is 0 Å². The summed E-state index contributed by atoms with van der Waals surface area (Å²) in [7, 11) is 0. The lowest BCUT2D eigenvalue weighted by molar-refractivity contribution is -0.0589. The van der Waals surface area contributed by atoms with Gasteiger partial charge >= 0.3 is 0 Å². The second-order valence-electron chi connectivity index (χ2n) is 2.78. The second-order valence-corrected chi connectivity index (χ2v) is 3.53. The molecule has 5 nitrogen and oxygen atoms in total. The van der Waals surface area contributed by atoms with Crippen LogP contribution in [0.1, 0.15) is 0 Å². The van der Waals surface area contributed by atoms with Gasteiger partial charge in [0.25, 0.3) is 0 Å². The van der Waals surface area contributed by atoms with Gasteiger partial charge in [-0.3, -0.25) is 0 Å². The Kier molecular flexibility index (Phi) is 2.97. The summed E-state index contributed by atoms with van der Waals surface area (Å²) in [5, 5.41) is 36.0. The maximum Gasteiger partial charge on any atom is 0.162 e. The molecule has 0 spiro atoms. The summed E-state index contributed by atoms with van der Waals surface area (Å²) < 4.78 is 4.94. The summed E-state index contributed by atoms with van der Waals surface area (Å²) in [5.74, 6) is 0. The lowest BCUT2D eigenvalue weighted by atomic mass is 10.1. The summed E-state index contributed by atoms with van der Waals surface area (Å²) in [5.41, 5.74) is 0. The van der Waals surface area contributed by atoms with Crippen molar-refractivity contribution >= 4 is 12.6 Å². The number of rotatable bonds is 2. The van der Waals surface area contributed by atoms with E-state index in [-0.39, 0.29) is 0 Å². The van der Waals surface area contributed by atoms with Gasteiger partial charge in [0.05, 0.1) is 13.2 Å². The molecular formula is C6H12O5S. The zero-order valence-electron chi connectivity index (χ0n) is 6.29. The van der Waals surface area contributed by atoms with Crippen molar-refractivity contribution in [3.8, 4) is 0 Å². The van der Waals surface area contributed by atoms with Gasteiger partial charge in [-0.25, -0.2) is 0 Å². The number of hydrogen-bond acceptors (Lipinski definition) is 6. The van der Waals surface area contributed by atoms with Crippen LogP contribution >= 0.6 is 12.6 Å². The van der Waals surface area contributed by atoms with Crippen LogP contribution in [-0.2, 0) is 4.74 Å². The van der Waals surface area contributed by atoms with Crippen molar-refractivity contribution in [1.29, 1.82) is 0 Å². The minimum absolute atomic E-state index is 0.416.